The molecule has 1 atom stereocenters. The molecule has 3 rings (SSSR count). The van der Waals surface area contributed by atoms with Gasteiger partial charge in [-0.3, -0.25) is 9.59 Å². The third-order valence-electron chi connectivity index (χ3n) is 4.02. The lowest BCUT2D eigenvalue weighted by atomic mass is 10.1. The predicted molar refractivity (Wildman–Crippen MR) is 80.8 cm³/mol. The monoisotopic (exact) mass is 304 g/mol. The van der Waals surface area contributed by atoms with Crippen LogP contribution in [0.2, 0.25) is 0 Å². The highest BCUT2D eigenvalue weighted by atomic mass is 16.5. The highest BCUT2D eigenvalue weighted by molar-refractivity contribution is 5.95. The van der Waals surface area contributed by atoms with E-state index in [1.165, 1.54) is 0 Å². The molecule has 2 amide bonds. The zero-order valence-electron chi connectivity index (χ0n) is 12.6. The number of nitrogens with zero attached hydrogens (tertiary/aromatic N) is 1. The van der Waals surface area contributed by atoms with Crippen molar-refractivity contribution in [2.75, 3.05) is 25.2 Å². The molecule has 22 heavy (non-hydrogen) atoms. The van der Waals surface area contributed by atoms with Crippen LogP contribution in [0, 0.1) is 0 Å². The van der Waals surface area contributed by atoms with Gasteiger partial charge in [-0.15, -0.1) is 0 Å². The Bertz CT molecular complexity index is 582. The molecule has 0 aliphatic carbocycles. The van der Waals surface area contributed by atoms with Crippen molar-refractivity contribution in [2.45, 2.75) is 31.9 Å². The van der Waals surface area contributed by atoms with Crippen LogP contribution in [-0.4, -0.2) is 38.2 Å². The van der Waals surface area contributed by atoms with E-state index < -0.39 is 0 Å². The summed E-state index contributed by atoms with van der Waals surface area (Å²) in [6.07, 6.45) is 1.76. The number of carbonyl (C=O) groups is 2. The Kier molecular flexibility index (Phi) is 4.29. The molecule has 1 saturated heterocycles. The van der Waals surface area contributed by atoms with Gasteiger partial charge in [0.15, 0.2) is 0 Å². The van der Waals surface area contributed by atoms with Crippen molar-refractivity contribution in [2.24, 2.45) is 0 Å². The van der Waals surface area contributed by atoms with Crippen LogP contribution in [0.5, 0.6) is 5.75 Å². The van der Waals surface area contributed by atoms with Gasteiger partial charge in [-0.1, -0.05) is 6.07 Å². The summed E-state index contributed by atoms with van der Waals surface area (Å²) in [5.74, 6) is 0.648. The molecule has 2 aliphatic heterocycles. The van der Waals surface area contributed by atoms with E-state index in [2.05, 4.69) is 5.32 Å². The fourth-order valence-corrected chi connectivity index (χ4v) is 2.69. The van der Waals surface area contributed by atoms with Gasteiger partial charge >= 0.3 is 0 Å². The molecule has 6 nitrogen and oxygen atoms in total. The third kappa shape index (κ3) is 3.06. The maximum Gasteiger partial charge on any atom is 0.249 e. The highest BCUT2D eigenvalue weighted by Crippen LogP contribution is 2.31. The first-order valence-electron chi connectivity index (χ1n) is 7.57. The minimum absolute atomic E-state index is 0.0271. The first-order valence-corrected chi connectivity index (χ1v) is 7.57. The SMILES string of the molecule is CN1C(=O)CCOc2ccc(CNC(=O)C3CCCO3)cc21. The van der Waals surface area contributed by atoms with Crippen LogP contribution >= 0.6 is 0 Å². The molecule has 1 N–H and O–H groups in total. The van der Waals surface area contributed by atoms with Gasteiger partial charge in [0, 0.05) is 20.2 Å². The second-order valence-electron chi connectivity index (χ2n) is 5.57. The number of carbonyl (C=O) groups excluding carboxylic acids is 2. The minimum atomic E-state index is -0.326. The molecule has 2 aliphatic rings. The normalized spacial score (nSPS) is 21.0. The van der Waals surface area contributed by atoms with Gasteiger partial charge in [0.1, 0.15) is 11.9 Å². The molecule has 0 radical (unpaired) electrons. The van der Waals surface area contributed by atoms with Crippen LogP contribution < -0.4 is 15.0 Å². The molecule has 0 aromatic heterocycles. The lowest BCUT2D eigenvalue weighted by molar-refractivity contribution is -0.130. The second-order valence-corrected chi connectivity index (χ2v) is 5.57. The molecule has 0 bridgehead atoms. The number of fused-ring (bicyclic) bond motifs is 1. The lowest BCUT2D eigenvalue weighted by Gasteiger charge is -2.18. The molecule has 1 aromatic rings. The summed E-state index contributed by atoms with van der Waals surface area (Å²) in [5, 5.41) is 2.88. The van der Waals surface area contributed by atoms with Crippen LogP contribution in [0.1, 0.15) is 24.8 Å². The molecule has 2 heterocycles. The third-order valence-corrected chi connectivity index (χ3v) is 4.02. The zero-order valence-corrected chi connectivity index (χ0v) is 12.6. The number of rotatable bonds is 3. The van der Waals surface area contributed by atoms with Gasteiger partial charge in [0.25, 0.3) is 0 Å². The minimum Gasteiger partial charge on any atom is -0.491 e. The van der Waals surface area contributed by atoms with E-state index >= 15 is 0 Å². The molecular weight excluding hydrogens is 284 g/mol. The Balaban J connectivity index is 1.69. The fourth-order valence-electron chi connectivity index (χ4n) is 2.69. The Morgan fingerprint density at radius 1 is 1.41 bits per heavy atom. The average molecular weight is 304 g/mol. The van der Waals surface area contributed by atoms with E-state index in [1.807, 2.05) is 18.2 Å². The zero-order chi connectivity index (χ0) is 15.5. The van der Waals surface area contributed by atoms with Crippen LogP contribution in [0.3, 0.4) is 0 Å². The quantitative estimate of drug-likeness (QED) is 0.912. The summed E-state index contributed by atoms with van der Waals surface area (Å²) in [6, 6.07) is 5.63. The lowest BCUT2D eigenvalue weighted by Crippen LogP contribution is -2.33. The van der Waals surface area contributed by atoms with Crippen LogP contribution in [-0.2, 0) is 20.9 Å². The van der Waals surface area contributed by atoms with Gasteiger partial charge in [-0.2, -0.15) is 0 Å². The van der Waals surface area contributed by atoms with Crippen molar-refractivity contribution < 1.29 is 19.1 Å². The number of hydrogen-bond acceptors (Lipinski definition) is 4. The van der Waals surface area contributed by atoms with Crippen molar-refractivity contribution in [3.05, 3.63) is 23.8 Å². The van der Waals surface area contributed by atoms with Gasteiger partial charge in [-0.05, 0) is 30.5 Å². The largest absolute Gasteiger partial charge is 0.491 e. The molecule has 6 heteroatoms. The van der Waals surface area contributed by atoms with E-state index in [0.717, 1.165) is 24.1 Å². The maximum atomic E-state index is 12.0. The van der Waals surface area contributed by atoms with E-state index in [4.69, 9.17) is 9.47 Å². The van der Waals surface area contributed by atoms with Gasteiger partial charge < -0.3 is 19.7 Å². The molecule has 1 fully saturated rings. The Labute approximate surface area is 129 Å². The smallest absolute Gasteiger partial charge is 0.249 e. The summed E-state index contributed by atoms with van der Waals surface area (Å²) < 4.78 is 10.9. The molecule has 1 unspecified atom stereocenters. The average Bonchev–Trinajstić information content (AvgIpc) is 3.02. The van der Waals surface area contributed by atoms with Crippen LogP contribution in [0.4, 0.5) is 5.69 Å². The first kappa shape index (κ1) is 14.8. The highest BCUT2D eigenvalue weighted by Gasteiger charge is 2.24. The summed E-state index contributed by atoms with van der Waals surface area (Å²) in [4.78, 5) is 25.4. The van der Waals surface area contributed by atoms with Crippen molar-refractivity contribution >= 4 is 17.5 Å². The second kappa shape index (κ2) is 6.36. The maximum absolute atomic E-state index is 12.0. The molecular formula is C16H20N2O4. The Hall–Kier alpha value is -2.08. The van der Waals surface area contributed by atoms with Gasteiger partial charge in [0.05, 0.1) is 18.7 Å². The number of ether oxygens (including phenoxy) is 2. The molecule has 118 valence electrons. The number of benzene rings is 1. The predicted octanol–water partition coefficient (Wildman–Crippen LogP) is 1.23. The van der Waals surface area contributed by atoms with Crippen LogP contribution in [0.25, 0.3) is 0 Å². The van der Waals surface area contributed by atoms with Gasteiger partial charge in [0.2, 0.25) is 11.8 Å². The standard InChI is InChI=1S/C16H20N2O4/c1-18-12-9-11(4-5-13(12)22-8-6-15(18)19)10-17-16(20)14-3-2-7-21-14/h4-5,9,14H,2-3,6-8,10H2,1H3,(H,17,20). The van der Waals surface area contributed by atoms with E-state index in [0.29, 0.717) is 31.9 Å². The van der Waals surface area contributed by atoms with Crippen molar-refractivity contribution in [3.63, 3.8) is 0 Å². The van der Waals surface area contributed by atoms with Gasteiger partial charge in [-0.25, -0.2) is 0 Å². The Morgan fingerprint density at radius 2 is 2.27 bits per heavy atom. The van der Waals surface area contributed by atoms with E-state index in [-0.39, 0.29) is 17.9 Å². The summed E-state index contributed by atoms with van der Waals surface area (Å²) in [7, 11) is 1.74. The van der Waals surface area contributed by atoms with E-state index in [1.54, 1.807) is 11.9 Å². The summed E-state index contributed by atoms with van der Waals surface area (Å²) in [5.41, 5.74) is 1.67. The molecule has 0 spiro atoms. The number of nitrogens with one attached hydrogen (secondary N) is 1. The van der Waals surface area contributed by atoms with Crippen molar-refractivity contribution in [1.29, 1.82) is 0 Å². The number of hydrogen-bond donors (Lipinski definition) is 1. The molecule has 0 saturated carbocycles. The van der Waals surface area contributed by atoms with Crippen LogP contribution in [0.15, 0.2) is 18.2 Å². The summed E-state index contributed by atoms with van der Waals surface area (Å²) >= 11 is 0. The van der Waals surface area contributed by atoms with E-state index in [9.17, 15) is 9.59 Å². The van der Waals surface area contributed by atoms with Crippen molar-refractivity contribution in [1.82, 2.24) is 5.32 Å². The number of anilines is 1. The summed E-state index contributed by atoms with van der Waals surface area (Å²) in [6.45, 7) is 1.46. The molecule has 1 aromatic carbocycles. The first-order chi connectivity index (χ1) is 10.6. The van der Waals surface area contributed by atoms with Crippen molar-refractivity contribution in [3.8, 4) is 5.75 Å². The Morgan fingerprint density at radius 3 is 3.05 bits per heavy atom. The number of amides is 2. The topological polar surface area (TPSA) is 67.9 Å². The fraction of sp³-hybridized carbons (Fsp3) is 0.500.